The van der Waals surface area contributed by atoms with Crippen molar-refractivity contribution in [3.8, 4) is 5.75 Å². The fraction of sp³-hybridized carbons (Fsp3) is 0.364. The first kappa shape index (κ1) is 19.0. The van der Waals surface area contributed by atoms with E-state index in [-0.39, 0.29) is 5.91 Å². The summed E-state index contributed by atoms with van der Waals surface area (Å²) in [5, 5.41) is 6.22. The number of hydrogen-bond acceptors (Lipinski definition) is 4. The number of carbonyl (C=O) groups excluding carboxylic acids is 1. The van der Waals surface area contributed by atoms with Crippen molar-refractivity contribution in [2.75, 3.05) is 18.5 Å². The number of ether oxygens (including phenoxy) is 1. The van der Waals surface area contributed by atoms with E-state index in [0.717, 1.165) is 17.9 Å². The molecule has 1 aromatic heterocycles. The van der Waals surface area contributed by atoms with Gasteiger partial charge >= 0.3 is 0 Å². The van der Waals surface area contributed by atoms with Gasteiger partial charge in [0.2, 0.25) is 0 Å². The maximum atomic E-state index is 12.3. The summed E-state index contributed by atoms with van der Waals surface area (Å²) < 4.78 is 5.61. The highest BCUT2D eigenvalue weighted by molar-refractivity contribution is 5.94. The molecule has 27 heavy (non-hydrogen) atoms. The normalized spacial score (nSPS) is 13.6. The first-order valence-corrected chi connectivity index (χ1v) is 9.67. The van der Waals surface area contributed by atoms with Crippen molar-refractivity contribution in [2.24, 2.45) is 0 Å². The van der Waals surface area contributed by atoms with Crippen molar-refractivity contribution in [3.63, 3.8) is 0 Å². The molecule has 5 heteroatoms. The Balaban J connectivity index is 1.53. The average molecular weight is 365 g/mol. The molecule has 0 spiro atoms. The van der Waals surface area contributed by atoms with Gasteiger partial charge in [0.15, 0.2) is 0 Å². The molecule has 0 unspecified atom stereocenters. The van der Waals surface area contributed by atoms with Gasteiger partial charge in [0.25, 0.3) is 5.91 Å². The van der Waals surface area contributed by atoms with E-state index in [1.165, 1.54) is 31.3 Å². The summed E-state index contributed by atoms with van der Waals surface area (Å²) in [6.45, 7) is 3.22. The number of para-hydroxylation sites is 2. The summed E-state index contributed by atoms with van der Waals surface area (Å²) in [7, 11) is 0. The lowest BCUT2D eigenvalue weighted by Gasteiger charge is -2.13. The number of nitrogens with one attached hydrogen (secondary N) is 2. The number of anilines is 2. The van der Waals surface area contributed by atoms with Crippen molar-refractivity contribution in [2.45, 2.75) is 39.0 Å². The van der Waals surface area contributed by atoms with Crippen LogP contribution < -0.4 is 15.4 Å². The highest BCUT2D eigenvalue weighted by Gasteiger charge is 2.09. The lowest BCUT2D eigenvalue weighted by molar-refractivity contribution is 0.0953. The van der Waals surface area contributed by atoms with Gasteiger partial charge in [0, 0.05) is 12.7 Å². The summed E-state index contributed by atoms with van der Waals surface area (Å²) >= 11 is 0. The van der Waals surface area contributed by atoms with Crippen LogP contribution in [0.1, 0.15) is 49.4 Å². The SMILES string of the molecule is CCOc1ccccc1Nc1ccc(C(=O)NCCC2=CCCCC2)cn1. The molecule has 0 bridgehead atoms. The third kappa shape index (κ3) is 5.58. The fourth-order valence-corrected chi connectivity index (χ4v) is 3.16. The Kier molecular flexibility index (Phi) is 6.85. The van der Waals surface area contributed by atoms with Crippen LogP contribution in [0, 0.1) is 0 Å². The van der Waals surface area contributed by atoms with Gasteiger partial charge in [-0.25, -0.2) is 4.98 Å². The molecule has 3 rings (SSSR count). The molecule has 1 aliphatic rings. The monoisotopic (exact) mass is 365 g/mol. The largest absolute Gasteiger partial charge is 0.492 e. The van der Waals surface area contributed by atoms with Crippen LogP contribution in [-0.4, -0.2) is 24.0 Å². The number of amides is 1. The molecule has 0 fully saturated rings. The standard InChI is InChI=1S/C22H27N3O2/c1-2-27-20-11-7-6-10-19(20)25-21-13-12-18(16-24-21)22(26)23-15-14-17-8-4-3-5-9-17/h6-8,10-13,16H,2-5,9,14-15H2,1H3,(H,23,26)(H,24,25). The molecule has 2 N–H and O–H groups in total. The number of pyridine rings is 1. The summed E-state index contributed by atoms with van der Waals surface area (Å²) in [6, 6.07) is 11.3. The molecule has 0 radical (unpaired) electrons. The fourth-order valence-electron chi connectivity index (χ4n) is 3.16. The molecule has 142 valence electrons. The number of nitrogens with zero attached hydrogens (tertiary/aromatic N) is 1. The first-order valence-electron chi connectivity index (χ1n) is 9.67. The van der Waals surface area contributed by atoms with Gasteiger partial charge in [0.05, 0.1) is 17.9 Å². The lowest BCUT2D eigenvalue weighted by Crippen LogP contribution is -2.25. The summed E-state index contributed by atoms with van der Waals surface area (Å²) in [6.07, 6.45) is 9.75. The van der Waals surface area contributed by atoms with Gasteiger partial charge < -0.3 is 15.4 Å². The van der Waals surface area contributed by atoms with Crippen molar-refractivity contribution >= 4 is 17.4 Å². The molecule has 0 saturated carbocycles. The molecule has 5 nitrogen and oxygen atoms in total. The van der Waals surface area contributed by atoms with Crippen LogP contribution in [0.2, 0.25) is 0 Å². The van der Waals surface area contributed by atoms with Crippen LogP contribution in [0.5, 0.6) is 5.75 Å². The van der Waals surface area contributed by atoms with Crippen molar-refractivity contribution in [1.29, 1.82) is 0 Å². The molecule has 1 aromatic carbocycles. The Hall–Kier alpha value is -2.82. The number of allylic oxidation sites excluding steroid dienone is 1. The van der Waals surface area contributed by atoms with E-state index in [2.05, 4.69) is 21.7 Å². The summed E-state index contributed by atoms with van der Waals surface area (Å²) in [5.74, 6) is 1.37. The van der Waals surface area contributed by atoms with Crippen molar-refractivity contribution in [3.05, 3.63) is 59.8 Å². The molecule has 0 atom stereocenters. The average Bonchev–Trinajstić information content (AvgIpc) is 2.71. The zero-order chi connectivity index (χ0) is 18.9. The van der Waals surface area contributed by atoms with E-state index >= 15 is 0 Å². The van der Waals surface area contributed by atoms with Crippen LogP contribution in [0.15, 0.2) is 54.2 Å². The van der Waals surface area contributed by atoms with Crippen molar-refractivity contribution < 1.29 is 9.53 Å². The topological polar surface area (TPSA) is 63.2 Å². The molecule has 1 heterocycles. The zero-order valence-electron chi connectivity index (χ0n) is 15.8. The predicted molar refractivity (Wildman–Crippen MR) is 109 cm³/mol. The van der Waals surface area contributed by atoms with Gasteiger partial charge in [-0.05, 0) is 63.3 Å². The highest BCUT2D eigenvalue weighted by atomic mass is 16.5. The third-order valence-corrected chi connectivity index (χ3v) is 4.59. The van der Waals surface area contributed by atoms with Crippen LogP contribution in [0.4, 0.5) is 11.5 Å². The molecular formula is C22H27N3O2. The molecule has 0 aliphatic heterocycles. The minimum atomic E-state index is -0.0832. The number of hydrogen-bond donors (Lipinski definition) is 2. The van der Waals surface area contributed by atoms with Crippen LogP contribution >= 0.6 is 0 Å². The number of benzene rings is 1. The lowest BCUT2D eigenvalue weighted by atomic mass is 9.97. The Morgan fingerprint density at radius 3 is 2.81 bits per heavy atom. The first-order chi connectivity index (χ1) is 13.3. The Morgan fingerprint density at radius 1 is 1.19 bits per heavy atom. The summed E-state index contributed by atoms with van der Waals surface area (Å²) in [4.78, 5) is 16.6. The molecular weight excluding hydrogens is 338 g/mol. The van der Waals surface area contributed by atoms with Crippen molar-refractivity contribution in [1.82, 2.24) is 10.3 Å². The second-order valence-corrected chi connectivity index (χ2v) is 6.60. The molecule has 0 saturated heterocycles. The minimum absolute atomic E-state index is 0.0832. The van der Waals surface area contributed by atoms with E-state index in [1.807, 2.05) is 31.2 Å². The van der Waals surface area contributed by atoms with Crippen LogP contribution in [-0.2, 0) is 0 Å². The molecule has 2 aromatic rings. The van der Waals surface area contributed by atoms with Crippen LogP contribution in [0.3, 0.4) is 0 Å². The highest BCUT2D eigenvalue weighted by Crippen LogP contribution is 2.26. The molecule has 1 aliphatic carbocycles. The number of carbonyl (C=O) groups is 1. The van der Waals surface area contributed by atoms with Crippen LogP contribution in [0.25, 0.3) is 0 Å². The number of aromatic nitrogens is 1. The van der Waals surface area contributed by atoms with E-state index in [0.29, 0.717) is 24.5 Å². The van der Waals surface area contributed by atoms with E-state index in [1.54, 1.807) is 18.3 Å². The van der Waals surface area contributed by atoms with E-state index < -0.39 is 0 Å². The van der Waals surface area contributed by atoms with Gasteiger partial charge in [-0.15, -0.1) is 0 Å². The second kappa shape index (κ2) is 9.76. The minimum Gasteiger partial charge on any atom is -0.492 e. The predicted octanol–water partition coefficient (Wildman–Crippen LogP) is 4.84. The van der Waals surface area contributed by atoms with Gasteiger partial charge in [-0.3, -0.25) is 4.79 Å². The maximum Gasteiger partial charge on any atom is 0.252 e. The number of rotatable bonds is 8. The van der Waals surface area contributed by atoms with E-state index in [9.17, 15) is 4.79 Å². The third-order valence-electron chi connectivity index (χ3n) is 4.59. The van der Waals surface area contributed by atoms with Gasteiger partial charge in [-0.2, -0.15) is 0 Å². The second-order valence-electron chi connectivity index (χ2n) is 6.60. The smallest absolute Gasteiger partial charge is 0.252 e. The molecule has 1 amide bonds. The Morgan fingerprint density at radius 2 is 2.07 bits per heavy atom. The Bertz CT molecular complexity index is 784. The maximum absolute atomic E-state index is 12.3. The Labute approximate surface area is 160 Å². The van der Waals surface area contributed by atoms with E-state index in [4.69, 9.17) is 4.74 Å². The van der Waals surface area contributed by atoms with Gasteiger partial charge in [0.1, 0.15) is 11.6 Å². The summed E-state index contributed by atoms with van der Waals surface area (Å²) in [5.41, 5.74) is 2.88. The van der Waals surface area contributed by atoms with Gasteiger partial charge in [-0.1, -0.05) is 23.8 Å². The quantitative estimate of drug-likeness (QED) is 0.657. The zero-order valence-corrected chi connectivity index (χ0v) is 15.8.